The number of amides is 1. The van der Waals surface area contributed by atoms with Crippen LogP contribution in [0.3, 0.4) is 0 Å². The largest absolute Gasteiger partial charge is 0.454 e. The van der Waals surface area contributed by atoms with E-state index in [0.717, 1.165) is 66.4 Å². The molecular weight excluding hydrogens is 366 g/mol. The lowest BCUT2D eigenvalue weighted by molar-refractivity contribution is 0.0630. The molecule has 3 aromatic rings. The number of nitrogens with zero attached hydrogens (tertiary/aromatic N) is 3. The SMILES string of the molecule is Cc1cc(C(=O)N2CCN(Cc3ccc4c(c3)OCO4)CC2)c2ccccc2n1. The van der Waals surface area contributed by atoms with Crippen molar-refractivity contribution >= 4 is 16.8 Å². The number of hydrogen-bond acceptors (Lipinski definition) is 5. The normalized spacial score (nSPS) is 16.4. The third-order valence-corrected chi connectivity index (χ3v) is 5.58. The Hall–Kier alpha value is -3.12. The molecule has 3 heterocycles. The van der Waals surface area contributed by atoms with Crippen LogP contribution in [0.2, 0.25) is 0 Å². The fourth-order valence-electron chi connectivity index (χ4n) is 4.06. The summed E-state index contributed by atoms with van der Waals surface area (Å²) in [5.74, 6) is 1.72. The molecule has 0 aliphatic carbocycles. The molecule has 0 N–H and O–H groups in total. The van der Waals surface area contributed by atoms with Crippen molar-refractivity contribution in [1.29, 1.82) is 0 Å². The Morgan fingerprint density at radius 1 is 1.00 bits per heavy atom. The summed E-state index contributed by atoms with van der Waals surface area (Å²) in [6.45, 7) is 6.22. The number of rotatable bonds is 3. The molecule has 0 unspecified atom stereocenters. The summed E-state index contributed by atoms with van der Waals surface area (Å²) in [7, 11) is 0. The van der Waals surface area contributed by atoms with Crippen molar-refractivity contribution in [2.24, 2.45) is 0 Å². The van der Waals surface area contributed by atoms with Crippen LogP contribution >= 0.6 is 0 Å². The standard InChI is InChI=1S/C23H23N3O3/c1-16-12-19(18-4-2-3-5-20(18)24-16)23(27)26-10-8-25(9-11-26)14-17-6-7-21-22(13-17)29-15-28-21/h2-7,12-13H,8-11,14-15H2,1H3. The van der Waals surface area contributed by atoms with Crippen molar-refractivity contribution in [2.45, 2.75) is 13.5 Å². The minimum atomic E-state index is 0.0921. The molecule has 0 saturated carbocycles. The number of benzene rings is 2. The molecule has 1 saturated heterocycles. The van der Waals surface area contributed by atoms with E-state index in [1.807, 2.05) is 54.3 Å². The Morgan fingerprint density at radius 3 is 2.66 bits per heavy atom. The third-order valence-electron chi connectivity index (χ3n) is 5.58. The first kappa shape index (κ1) is 17.9. The molecule has 1 amide bonds. The summed E-state index contributed by atoms with van der Waals surface area (Å²) in [6, 6.07) is 15.9. The smallest absolute Gasteiger partial charge is 0.254 e. The number of carbonyl (C=O) groups excluding carboxylic acids is 1. The predicted molar refractivity (Wildman–Crippen MR) is 110 cm³/mol. The van der Waals surface area contributed by atoms with Gasteiger partial charge in [-0.2, -0.15) is 0 Å². The van der Waals surface area contributed by atoms with E-state index in [1.54, 1.807) is 0 Å². The minimum absolute atomic E-state index is 0.0921. The van der Waals surface area contributed by atoms with E-state index in [4.69, 9.17) is 9.47 Å². The van der Waals surface area contributed by atoms with Gasteiger partial charge in [-0.05, 0) is 36.8 Å². The molecule has 0 atom stereocenters. The number of fused-ring (bicyclic) bond motifs is 2. The highest BCUT2D eigenvalue weighted by Crippen LogP contribution is 2.33. The maximum atomic E-state index is 13.2. The predicted octanol–water partition coefficient (Wildman–Crippen LogP) is 3.23. The Kier molecular flexibility index (Phi) is 4.56. The molecule has 148 valence electrons. The maximum absolute atomic E-state index is 13.2. The molecule has 2 aliphatic rings. The van der Waals surface area contributed by atoms with Crippen LogP contribution in [0.5, 0.6) is 11.5 Å². The second-order valence-corrected chi connectivity index (χ2v) is 7.58. The summed E-state index contributed by atoms with van der Waals surface area (Å²) in [6.07, 6.45) is 0. The fraction of sp³-hybridized carbons (Fsp3) is 0.304. The highest BCUT2D eigenvalue weighted by molar-refractivity contribution is 6.06. The maximum Gasteiger partial charge on any atom is 0.254 e. The molecular formula is C23H23N3O3. The first-order valence-corrected chi connectivity index (χ1v) is 9.94. The van der Waals surface area contributed by atoms with Gasteiger partial charge >= 0.3 is 0 Å². The number of piperazine rings is 1. The van der Waals surface area contributed by atoms with Crippen molar-refractivity contribution in [3.05, 3.63) is 65.4 Å². The summed E-state index contributed by atoms with van der Waals surface area (Å²) in [5.41, 5.74) is 3.69. The lowest BCUT2D eigenvalue weighted by Gasteiger charge is -2.35. The number of pyridine rings is 1. The Bertz CT molecular complexity index is 1070. The number of aryl methyl sites for hydroxylation is 1. The minimum Gasteiger partial charge on any atom is -0.454 e. The van der Waals surface area contributed by atoms with Gasteiger partial charge in [-0.1, -0.05) is 24.3 Å². The van der Waals surface area contributed by atoms with Crippen molar-refractivity contribution in [1.82, 2.24) is 14.8 Å². The zero-order valence-electron chi connectivity index (χ0n) is 16.4. The number of para-hydroxylation sites is 1. The van der Waals surface area contributed by atoms with Crippen molar-refractivity contribution < 1.29 is 14.3 Å². The highest BCUT2D eigenvalue weighted by atomic mass is 16.7. The van der Waals surface area contributed by atoms with E-state index < -0.39 is 0 Å². The van der Waals surface area contributed by atoms with Gasteiger partial charge < -0.3 is 14.4 Å². The van der Waals surface area contributed by atoms with Gasteiger partial charge in [0.05, 0.1) is 11.1 Å². The quantitative estimate of drug-likeness (QED) is 0.688. The summed E-state index contributed by atoms with van der Waals surface area (Å²) in [5, 5.41) is 0.922. The topological polar surface area (TPSA) is 54.9 Å². The van der Waals surface area contributed by atoms with Crippen LogP contribution in [-0.2, 0) is 6.54 Å². The molecule has 0 radical (unpaired) electrons. The van der Waals surface area contributed by atoms with Gasteiger partial charge in [-0.25, -0.2) is 0 Å². The fourth-order valence-corrected chi connectivity index (χ4v) is 4.06. The summed E-state index contributed by atoms with van der Waals surface area (Å²) < 4.78 is 10.9. The summed E-state index contributed by atoms with van der Waals surface area (Å²) in [4.78, 5) is 22.1. The second-order valence-electron chi connectivity index (χ2n) is 7.58. The molecule has 2 aliphatic heterocycles. The van der Waals surface area contributed by atoms with Crippen LogP contribution in [0.15, 0.2) is 48.5 Å². The molecule has 6 heteroatoms. The van der Waals surface area contributed by atoms with Gasteiger partial charge in [0.2, 0.25) is 6.79 Å². The zero-order valence-corrected chi connectivity index (χ0v) is 16.4. The lowest BCUT2D eigenvalue weighted by atomic mass is 10.1. The van der Waals surface area contributed by atoms with Gasteiger partial charge in [0.15, 0.2) is 11.5 Å². The third kappa shape index (κ3) is 3.51. The van der Waals surface area contributed by atoms with Crippen LogP contribution in [0, 0.1) is 6.92 Å². The highest BCUT2D eigenvalue weighted by Gasteiger charge is 2.24. The molecule has 1 aromatic heterocycles. The van der Waals surface area contributed by atoms with Gasteiger partial charge in [-0.15, -0.1) is 0 Å². The Balaban J connectivity index is 1.27. The Labute approximate surface area is 169 Å². The van der Waals surface area contributed by atoms with Gasteiger partial charge in [0.25, 0.3) is 5.91 Å². The zero-order chi connectivity index (χ0) is 19.8. The average molecular weight is 389 g/mol. The first-order valence-electron chi connectivity index (χ1n) is 9.94. The molecule has 29 heavy (non-hydrogen) atoms. The van der Waals surface area contributed by atoms with Crippen molar-refractivity contribution in [2.75, 3.05) is 33.0 Å². The monoisotopic (exact) mass is 389 g/mol. The van der Waals surface area contributed by atoms with E-state index >= 15 is 0 Å². The van der Waals surface area contributed by atoms with Gasteiger partial charge in [0.1, 0.15) is 0 Å². The van der Waals surface area contributed by atoms with E-state index in [1.165, 1.54) is 5.56 Å². The second kappa shape index (κ2) is 7.37. The van der Waals surface area contributed by atoms with Crippen LogP contribution in [0.1, 0.15) is 21.6 Å². The lowest BCUT2D eigenvalue weighted by Crippen LogP contribution is -2.48. The molecule has 2 aromatic carbocycles. The van der Waals surface area contributed by atoms with Crippen molar-refractivity contribution in [3.8, 4) is 11.5 Å². The number of aromatic nitrogens is 1. The molecule has 0 spiro atoms. The van der Waals surface area contributed by atoms with Crippen LogP contribution in [0.25, 0.3) is 10.9 Å². The first-order chi connectivity index (χ1) is 14.2. The summed E-state index contributed by atoms with van der Waals surface area (Å²) >= 11 is 0. The van der Waals surface area contributed by atoms with Crippen LogP contribution in [0.4, 0.5) is 0 Å². The average Bonchev–Trinajstić information content (AvgIpc) is 3.21. The van der Waals surface area contributed by atoms with Crippen LogP contribution < -0.4 is 9.47 Å². The van der Waals surface area contributed by atoms with E-state index in [0.29, 0.717) is 6.79 Å². The molecule has 6 nitrogen and oxygen atoms in total. The number of carbonyl (C=O) groups is 1. The molecule has 0 bridgehead atoms. The van der Waals surface area contributed by atoms with E-state index in [-0.39, 0.29) is 5.91 Å². The molecule has 5 rings (SSSR count). The Morgan fingerprint density at radius 2 is 1.79 bits per heavy atom. The molecule has 1 fully saturated rings. The number of ether oxygens (including phenoxy) is 2. The van der Waals surface area contributed by atoms with Gasteiger partial charge in [0, 0.05) is 43.8 Å². The van der Waals surface area contributed by atoms with Gasteiger partial charge in [-0.3, -0.25) is 14.7 Å². The van der Waals surface area contributed by atoms with E-state index in [9.17, 15) is 4.79 Å². The van der Waals surface area contributed by atoms with Crippen LogP contribution in [-0.4, -0.2) is 53.7 Å². The van der Waals surface area contributed by atoms with Crippen molar-refractivity contribution in [3.63, 3.8) is 0 Å². The number of hydrogen-bond donors (Lipinski definition) is 0. The van der Waals surface area contributed by atoms with E-state index in [2.05, 4.69) is 16.0 Å².